The SMILES string of the molecule is CC(C)(C)OC(=O)N1CCCC1.CN.COc1cc(OC)c(Cl)c(-c2ccc3nc(N)ncc3c2)c1Cl. The third-order valence-corrected chi connectivity index (χ3v) is 5.97. The second-order valence-corrected chi connectivity index (χ2v) is 9.72. The second-order valence-electron chi connectivity index (χ2n) is 8.96. The first-order valence-corrected chi connectivity index (χ1v) is 12.5. The monoisotopic (exact) mass is 551 g/mol. The van der Waals surface area contributed by atoms with Crippen molar-refractivity contribution in [2.24, 2.45) is 5.73 Å². The maximum Gasteiger partial charge on any atom is 0.410 e. The topological polar surface area (TPSA) is 126 Å². The van der Waals surface area contributed by atoms with E-state index in [4.69, 9.17) is 43.1 Å². The maximum absolute atomic E-state index is 11.4. The van der Waals surface area contributed by atoms with E-state index >= 15 is 0 Å². The van der Waals surface area contributed by atoms with Crippen LogP contribution in [0.2, 0.25) is 10.0 Å². The van der Waals surface area contributed by atoms with Gasteiger partial charge in [0.25, 0.3) is 0 Å². The highest BCUT2D eigenvalue weighted by atomic mass is 35.5. The number of ether oxygens (including phenoxy) is 3. The van der Waals surface area contributed by atoms with Crippen LogP contribution in [0.25, 0.3) is 22.0 Å². The number of hydrogen-bond acceptors (Lipinski definition) is 8. The minimum atomic E-state index is -0.361. The molecule has 1 amide bonds. The number of amides is 1. The quantitative estimate of drug-likeness (QED) is 0.418. The van der Waals surface area contributed by atoms with Crippen LogP contribution in [0, 0.1) is 0 Å². The van der Waals surface area contributed by atoms with Gasteiger partial charge in [0, 0.05) is 36.3 Å². The highest BCUT2D eigenvalue weighted by Crippen LogP contribution is 2.46. The van der Waals surface area contributed by atoms with Gasteiger partial charge in [-0.05, 0) is 58.4 Å². The Morgan fingerprint density at radius 3 is 2.08 bits per heavy atom. The van der Waals surface area contributed by atoms with Crippen LogP contribution in [0.4, 0.5) is 10.7 Å². The van der Waals surface area contributed by atoms with E-state index in [1.54, 1.807) is 17.2 Å². The molecule has 4 N–H and O–H groups in total. The first kappa shape index (κ1) is 30.2. The summed E-state index contributed by atoms with van der Waals surface area (Å²) in [6.07, 6.45) is 3.71. The van der Waals surface area contributed by atoms with Gasteiger partial charge in [-0.1, -0.05) is 29.3 Å². The lowest BCUT2D eigenvalue weighted by atomic mass is 10.0. The molecule has 2 aromatic carbocycles. The molecule has 1 aliphatic rings. The van der Waals surface area contributed by atoms with E-state index in [1.807, 2.05) is 39.0 Å². The van der Waals surface area contributed by atoms with Gasteiger partial charge in [0.05, 0.1) is 29.8 Å². The molecule has 1 aliphatic heterocycles. The molecule has 0 atom stereocenters. The summed E-state index contributed by atoms with van der Waals surface area (Å²) in [6, 6.07) is 7.24. The van der Waals surface area contributed by atoms with Crippen molar-refractivity contribution >= 4 is 46.1 Å². The molecule has 4 rings (SSSR count). The van der Waals surface area contributed by atoms with Crippen molar-refractivity contribution in [2.75, 3.05) is 40.1 Å². The van der Waals surface area contributed by atoms with Crippen molar-refractivity contribution in [3.05, 3.63) is 40.5 Å². The average Bonchev–Trinajstić information content (AvgIpc) is 3.40. The van der Waals surface area contributed by atoms with Crippen molar-refractivity contribution in [1.82, 2.24) is 14.9 Å². The number of nitrogens with zero attached hydrogens (tertiary/aromatic N) is 3. The lowest BCUT2D eigenvalue weighted by Crippen LogP contribution is -2.34. The summed E-state index contributed by atoms with van der Waals surface area (Å²) in [5.74, 6) is 1.19. The Morgan fingerprint density at radius 2 is 1.57 bits per heavy atom. The summed E-state index contributed by atoms with van der Waals surface area (Å²) in [5.41, 5.74) is 11.9. The molecule has 0 aliphatic carbocycles. The van der Waals surface area contributed by atoms with Crippen LogP contribution in [0.5, 0.6) is 11.5 Å². The van der Waals surface area contributed by atoms with Gasteiger partial charge in [-0.25, -0.2) is 14.8 Å². The number of benzene rings is 2. The Kier molecular flexibility index (Phi) is 11.0. The summed E-state index contributed by atoms with van der Waals surface area (Å²) in [5, 5.41) is 1.65. The molecule has 0 spiro atoms. The average molecular weight is 553 g/mol. The molecule has 0 radical (unpaired) electrons. The van der Waals surface area contributed by atoms with Crippen LogP contribution < -0.4 is 20.9 Å². The fraction of sp³-hybridized carbons (Fsp3) is 0.423. The summed E-state index contributed by atoms with van der Waals surface area (Å²) < 4.78 is 15.8. The molecule has 1 fully saturated rings. The van der Waals surface area contributed by atoms with E-state index in [-0.39, 0.29) is 17.6 Å². The van der Waals surface area contributed by atoms with Crippen LogP contribution in [-0.4, -0.2) is 60.9 Å². The fourth-order valence-electron chi connectivity index (χ4n) is 3.57. The van der Waals surface area contributed by atoms with Gasteiger partial charge in [-0.3, -0.25) is 0 Å². The van der Waals surface area contributed by atoms with E-state index in [9.17, 15) is 4.79 Å². The number of fused-ring (bicyclic) bond motifs is 1. The molecule has 0 saturated carbocycles. The number of carbonyl (C=O) groups excluding carboxylic acids is 1. The highest BCUT2D eigenvalue weighted by molar-refractivity contribution is 6.41. The van der Waals surface area contributed by atoms with Gasteiger partial charge in [0.1, 0.15) is 17.1 Å². The highest BCUT2D eigenvalue weighted by Gasteiger charge is 2.24. The first-order valence-electron chi connectivity index (χ1n) is 11.7. The molecule has 11 heteroatoms. The molecule has 1 saturated heterocycles. The minimum absolute atomic E-state index is 0.167. The summed E-state index contributed by atoms with van der Waals surface area (Å²) in [6.45, 7) is 7.38. The predicted octanol–water partition coefficient (Wildman–Crippen LogP) is 5.80. The minimum Gasteiger partial charge on any atom is -0.495 e. The number of nitrogens with two attached hydrogens (primary N) is 2. The van der Waals surface area contributed by atoms with Crippen LogP contribution in [0.3, 0.4) is 0 Å². The Balaban J connectivity index is 0.000000291. The van der Waals surface area contributed by atoms with E-state index in [2.05, 4.69) is 15.7 Å². The third kappa shape index (κ3) is 7.99. The zero-order valence-corrected chi connectivity index (χ0v) is 23.6. The third-order valence-electron chi connectivity index (χ3n) is 5.22. The Morgan fingerprint density at radius 1 is 1.00 bits per heavy atom. The van der Waals surface area contributed by atoms with E-state index in [0.29, 0.717) is 27.1 Å². The first-order chi connectivity index (χ1) is 17.5. The number of anilines is 1. The second kappa shape index (κ2) is 13.5. The normalized spacial score (nSPS) is 12.7. The van der Waals surface area contributed by atoms with Crippen molar-refractivity contribution in [3.63, 3.8) is 0 Å². The number of likely N-dealkylation sites (tertiary alicyclic amines) is 1. The number of carbonyl (C=O) groups is 1. The molecule has 0 unspecified atom stereocenters. The zero-order chi connectivity index (χ0) is 27.8. The number of methoxy groups -OCH3 is 2. The lowest BCUT2D eigenvalue weighted by Gasteiger charge is -2.23. The van der Waals surface area contributed by atoms with Crippen molar-refractivity contribution in [3.8, 4) is 22.6 Å². The lowest BCUT2D eigenvalue weighted by molar-refractivity contribution is 0.0295. The van der Waals surface area contributed by atoms with Gasteiger partial charge >= 0.3 is 6.09 Å². The van der Waals surface area contributed by atoms with Gasteiger partial charge < -0.3 is 30.6 Å². The number of halogens is 2. The number of aromatic nitrogens is 2. The maximum atomic E-state index is 11.4. The molecule has 1 aromatic heterocycles. The van der Waals surface area contributed by atoms with E-state index in [1.165, 1.54) is 21.3 Å². The van der Waals surface area contributed by atoms with Gasteiger partial charge in [0.15, 0.2) is 0 Å². The fourth-order valence-corrected chi connectivity index (χ4v) is 4.29. The largest absolute Gasteiger partial charge is 0.495 e. The molecular weight excluding hydrogens is 517 g/mol. The molecule has 0 bridgehead atoms. The molecule has 9 nitrogen and oxygen atoms in total. The Hall–Kier alpha value is -3.01. The molecule has 2 heterocycles. The van der Waals surface area contributed by atoms with Crippen molar-refractivity contribution in [2.45, 2.75) is 39.2 Å². The summed E-state index contributed by atoms with van der Waals surface area (Å²) in [7, 11) is 4.57. The predicted molar refractivity (Wildman–Crippen MR) is 150 cm³/mol. The Labute approximate surface area is 228 Å². The number of nitrogen functional groups attached to an aromatic ring is 1. The molecule has 37 heavy (non-hydrogen) atoms. The standard InChI is InChI=1S/C16H13Cl2N3O2.C9H17NO2.CH5N/c1-22-11-6-12(23-2)15(18)13(14(11)17)8-3-4-10-9(5-8)7-20-16(19)21-10;1-9(2,3)12-8(11)10-6-4-5-7-10;1-2/h3-7H,1-2H3,(H2,19,20,21);4-7H2,1-3H3;2H2,1H3. The van der Waals surface area contributed by atoms with Crippen LogP contribution in [0.15, 0.2) is 30.5 Å². The van der Waals surface area contributed by atoms with E-state index in [0.717, 1.165) is 42.4 Å². The number of rotatable bonds is 3. The van der Waals surface area contributed by atoms with Gasteiger partial charge in [0.2, 0.25) is 5.95 Å². The summed E-state index contributed by atoms with van der Waals surface area (Å²) in [4.78, 5) is 21.3. The molecular formula is C26H35Cl2N5O4. The van der Waals surface area contributed by atoms with Crippen LogP contribution >= 0.6 is 23.2 Å². The van der Waals surface area contributed by atoms with E-state index < -0.39 is 0 Å². The van der Waals surface area contributed by atoms with Gasteiger partial charge in [-0.2, -0.15) is 0 Å². The smallest absolute Gasteiger partial charge is 0.410 e. The number of hydrogen-bond donors (Lipinski definition) is 2. The molecule has 202 valence electrons. The van der Waals surface area contributed by atoms with Crippen LogP contribution in [0.1, 0.15) is 33.6 Å². The zero-order valence-electron chi connectivity index (χ0n) is 22.1. The summed E-state index contributed by atoms with van der Waals surface area (Å²) >= 11 is 12.9. The van der Waals surface area contributed by atoms with Crippen molar-refractivity contribution in [1.29, 1.82) is 0 Å². The van der Waals surface area contributed by atoms with Crippen molar-refractivity contribution < 1.29 is 19.0 Å². The molecule has 3 aromatic rings. The van der Waals surface area contributed by atoms with Gasteiger partial charge in [-0.15, -0.1) is 0 Å². The van der Waals surface area contributed by atoms with Crippen LogP contribution in [-0.2, 0) is 4.74 Å². The Bertz CT molecular complexity index is 1180.